The third-order valence-corrected chi connectivity index (χ3v) is 8.81. The molecule has 230 valence electrons. The molecule has 6 aromatic rings. The van der Waals surface area contributed by atoms with Crippen LogP contribution < -0.4 is 0 Å². The SMILES string of the molecule is O=C(OCCn1c(-c2ccccc2)nc2cc(CN3CCN(C(c4ccccc4)c4ccccc4)CC3)ccc21)c1ccccc1. The molecule has 0 spiro atoms. The Labute approximate surface area is 270 Å². The fourth-order valence-electron chi connectivity index (χ4n) is 6.52. The number of imidazole rings is 1. The number of aromatic nitrogens is 2. The van der Waals surface area contributed by atoms with Gasteiger partial charge in [-0.1, -0.05) is 115 Å². The predicted octanol–water partition coefficient (Wildman–Crippen LogP) is 7.47. The van der Waals surface area contributed by atoms with Crippen molar-refractivity contribution in [1.82, 2.24) is 19.4 Å². The zero-order chi connectivity index (χ0) is 31.1. The summed E-state index contributed by atoms with van der Waals surface area (Å²) in [6.07, 6.45) is 0. The van der Waals surface area contributed by atoms with Crippen LogP contribution in [0.3, 0.4) is 0 Å². The first-order valence-corrected chi connectivity index (χ1v) is 16.1. The second-order valence-corrected chi connectivity index (χ2v) is 11.8. The fourth-order valence-corrected chi connectivity index (χ4v) is 6.52. The van der Waals surface area contributed by atoms with Gasteiger partial charge < -0.3 is 9.30 Å². The monoisotopic (exact) mass is 606 g/mol. The zero-order valence-corrected chi connectivity index (χ0v) is 25.9. The minimum atomic E-state index is -0.312. The molecule has 0 saturated carbocycles. The summed E-state index contributed by atoms with van der Waals surface area (Å²) in [5, 5.41) is 0. The van der Waals surface area contributed by atoms with Gasteiger partial charge in [0.2, 0.25) is 0 Å². The summed E-state index contributed by atoms with van der Waals surface area (Å²) in [6, 6.07) is 47.9. The molecule has 0 unspecified atom stereocenters. The second kappa shape index (κ2) is 13.9. The van der Waals surface area contributed by atoms with E-state index in [4.69, 9.17) is 9.72 Å². The maximum atomic E-state index is 12.6. The van der Waals surface area contributed by atoms with Gasteiger partial charge in [-0.2, -0.15) is 0 Å². The lowest BCUT2D eigenvalue weighted by molar-refractivity contribution is 0.0493. The maximum absolute atomic E-state index is 12.6. The summed E-state index contributed by atoms with van der Waals surface area (Å²) < 4.78 is 7.81. The summed E-state index contributed by atoms with van der Waals surface area (Å²) in [7, 11) is 0. The van der Waals surface area contributed by atoms with E-state index in [0.717, 1.165) is 55.1 Å². The zero-order valence-electron chi connectivity index (χ0n) is 25.9. The number of ether oxygens (including phenoxy) is 1. The van der Waals surface area contributed by atoms with Crippen molar-refractivity contribution in [2.75, 3.05) is 32.8 Å². The predicted molar refractivity (Wildman–Crippen MR) is 183 cm³/mol. The third-order valence-electron chi connectivity index (χ3n) is 8.81. The molecule has 1 fully saturated rings. The van der Waals surface area contributed by atoms with Crippen molar-refractivity contribution in [2.24, 2.45) is 0 Å². The van der Waals surface area contributed by atoms with Crippen molar-refractivity contribution in [3.63, 3.8) is 0 Å². The Hall–Kier alpha value is -5.04. The van der Waals surface area contributed by atoms with Gasteiger partial charge in [-0.05, 0) is 41.0 Å². The first-order valence-electron chi connectivity index (χ1n) is 16.1. The highest BCUT2D eigenvalue weighted by Crippen LogP contribution is 2.30. The van der Waals surface area contributed by atoms with Crippen LogP contribution in [0.1, 0.15) is 33.1 Å². The summed E-state index contributed by atoms with van der Waals surface area (Å²) >= 11 is 0. The van der Waals surface area contributed by atoms with E-state index in [1.807, 2.05) is 36.4 Å². The molecule has 1 aliphatic rings. The third kappa shape index (κ3) is 6.64. The van der Waals surface area contributed by atoms with E-state index >= 15 is 0 Å². The van der Waals surface area contributed by atoms with Crippen molar-refractivity contribution in [3.8, 4) is 11.4 Å². The molecule has 0 N–H and O–H groups in total. The topological polar surface area (TPSA) is 50.6 Å². The molecule has 1 aromatic heterocycles. The molecule has 6 nitrogen and oxygen atoms in total. The van der Waals surface area contributed by atoms with E-state index in [1.165, 1.54) is 16.7 Å². The Kier molecular flexibility index (Phi) is 8.99. The van der Waals surface area contributed by atoms with Gasteiger partial charge in [0.05, 0.1) is 29.2 Å². The average molecular weight is 607 g/mol. The average Bonchev–Trinajstić information content (AvgIpc) is 3.48. The van der Waals surface area contributed by atoms with Crippen LogP contribution in [0.4, 0.5) is 0 Å². The number of hydrogen-bond acceptors (Lipinski definition) is 5. The molecule has 46 heavy (non-hydrogen) atoms. The number of nitrogens with zero attached hydrogens (tertiary/aromatic N) is 4. The number of fused-ring (bicyclic) bond motifs is 1. The van der Waals surface area contributed by atoms with Crippen molar-refractivity contribution in [3.05, 3.63) is 162 Å². The number of esters is 1. The van der Waals surface area contributed by atoms with E-state index in [1.54, 1.807) is 12.1 Å². The van der Waals surface area contributed by atoms with Gasteiger partial charge >= 0.3 is 5.97 Å². The Morgan fingerprint density at radius 2 is 1.28 bits per heavy atom. The Morgan fingerprint density at radius 1 is 0.696 bits per heavy atom. The van der Waals surface area contributed by atoms with Crippen LogP contribution >= 0.6 is 0 Å². The summed E-state index contributed by atoms with van der Waals surface area (Å²) in [5.74, 6) is 0.567. The molecule has 0 radical (unpaired) electrons. The minimum Gasteiger partial charge on any atom is -0.460 e. The first kappa shape index (κ1) is 29.7. The molecule has 6 heteroatoms. The molecule has 0 atom stereocenters. The molecular weight excluding hydrogens is 568 g/mol. The lowest BCUT2D eigenvalue weighted by Crippen LogP contribution is -2.47. The van der Waals surface area contributed by atoms with Crippen LogP contribution in [0.25, 0.3) is 22.4 Å². The second-order valence-electron chi connectivity index (χ2n) is 11.8. The largest absolute Gasteiger partial charge is 0.460 e. The van der Waals surface area contributed by atoms with Crippen molar-refractivity contribution in [2.45, 2.75) is 19.1 Å². The number of rotatable bonds is 10. The molecule has 2 heterocycles. The van der Waals surface area contributed by atoms with Crippen LogP contribution in [0, 0.1) is 0 Å². The van der Waals surface area contributed by atoms with Gasteiger partial charge in [0.25, 0.3) is 0 Å². The molecule has 0 amide bonds. The summed E-state index contributed by atoms with van der Waals surface area (Å²) in [4.78, 5) is 22.8. The van der Waals surface area contributed by atoms with Gasteiger partial charge in [0.1, 0.15) is 12.4 Å². The van der Waals surface area contributed by atoms with Gasteiger partial charge in [0, 0.05) is 38.3 Å². The standard InChI is InChI=1S/C40H38N4O2/c45-40(35-19-11-4-12-20-35)46-28-27-44-37-22-21-31(29-36(37)41-39(44)34-17-9-3-10-18-34)30-42-23-25-43(26-24-42)38(32-13-5-1-6-14-32)33-15-7-2-8-16-33/h1-22,29,38H,23-28,30H2. The smallest absolute Gasteiger partial charge is 0.338 e. The molecule has 5 aromatic carbocycles. The van der Waals surface area contributed by atoms with Gasteiger partial charge in [-0.15, -0.1) is 0 Å². The van der Waals surface area contributed by atoms with E-state index in [2.05, 4.69) is 105 Å². The van der Waals surface area contributed by atoms with E-state index < -0.39 is 0 Å². The van der Waals surface area contributed by atoms with Crippen LogP contribution in [-0.4, -0.2) is 58.1 Å². The molecule has 1 saturated heterocycles. The van der Waals surface area contributed by atoms with Crippen LogP contribution in [0.5, 0.6) is 0 Å². The van der Waals surface area contributed by atoms with Crippen LogP contribution in [0.2, 0.25) is 0 Å². The van der Waals surface area contributed by atoms with E-state index in [9.17, 15) is 4.79 Å². The van der Waals surface area contributed by atoms with Gasteiger partial charge in [-0.25, -0.2) is 9.78 Å². The quantitative estimate of drug-likeness (QED) is 0.152. The van der Waals surface area contributed by atoms with Crippen LogP contribution in [0.15, 0.2) is 140 Å². The maximum Gasteiger partial charge on any atom is 0.338 e. The number of carbonyl (C=O) groups is 1. The normalized spacial score (nSPS) is 14.1. The Bertz CT molecular complexity index is 1830. The number of hydrogen-bond donors (Lipinski definition) is 0. The minimum absolute atomic E-state index is 0.258. The number of piperazine rings is 1. The molecule has 7 rings (SSSR count). The fraction of sp³-hybridized carbons (Fsp3) is 0.200. The van der Waals surface area contributed by atoms with Crippen LogP contribution in [-0.2, 0) is 17.8 Å². The van der Waals surface area contributed by atoms with Crippen molar-refractivity contribution < 1.29 is 9.53 Å². The van der Waals surface area contributed by atoms with E-state index in [0.29, 0.717) is 12.1 Å². The van der Waals surface area contributed by atoms with Gasteiger partial charge in [-0.3, -0.25) is 9.80 Å². The molecule has 0 aliphatic carbocycles. The van der Waals surface area contributed by atoms with Crippen molar-refractivity contribution in [1.29, 1.82) is 0 Å². The van der Waals surface area contributed by atoms with Gasteiger partial charge in [0.15, 0.2) is 0 Å². The highest BCUT2D eigenvalue weighted by Gasteiger charge is 2.26. The highest BCUT2D eigenvalue weighted by atomic mass is 16.5. The van der Waals surface area contributed by atoms with Crippen molar-refractivity contribution >= 4 is 17.0 Å². The highest BCUT2D eigenvalue weighted by molar-refractivity contribution is 5.89. The molecule has 1 aliphatic heterocycles. The lowest BCUT2D eigenvalue weighted by atomic mass is 9.96. The Balaban J connectivity index is 1.06. The lowest BCUT2D eigenvalue weighted by Gasteiger charge is -2.39. The summed E-state index contributed by atoms with van der Waals surface area (Å²) in [5.41, 5.74) is 7.52. The number of benzene rings is 5. The molecular formula is C40H38N4O2. The number of carbonyl (C=O) groups excluding carboxylic acids is 1. The first-order chi connectivity index (χ1) is 22.7. The summed E-state index contributed by atoms with van der Waals surface area (Å²) in [6.45, 7) is 5.68. The Morgan fingerprint density at radius 3 is 1.91 bits per heavy atom. The molecule has 0 bridgehead atoms. The van der Waals surface area contributed by atoms with E-state index in [-0.39, 0.29) is 18.6 Å².